The second kappa shape index (κ2) is 5.34. The van der Waals surface area contributed by atoms with Gasteiger partial charge in [0.25, 0.3) is 0 Å². The molecule has 2 aromatic rings. The number of benzene rings is 2. The maximum atomic E-state index is 3.73. The van der Waals surface area contributed by atoms with Crippen molar-refractivity contribution in [1.29, 1.82) is 0 Å². The lowest BCUT2D eigenvalue weighted by Crippen LogP contribution is -2.32. The third kappa shape index (κ3) is 2.28. The van der Waals surface area contributed by atoms with Crippen LogP contribution in [-0.4, -0.2) is 6.54 Å². The molecular formula is C18H23N. The maximum absolute atomic E-state index is 3.73. The van der Waals surface area contributed by atoms with Crippen LogP contribution in [0.5, 0.6) is 0 Å². The molecule has 0 bridgehead atoms. The molecule has 2 aromatic carbocycles. The highest BCUT2D eigenvalue weighted by Crippen LogP contribution is 2.41. The zero-order valence-corrected chi connectivity index (χ0v) is 11.9. The molecule has 1 saturated carbocycles. The Bertz CT molecular complexity index is 569. The summed E-state index contributed by atoms with van der Waals surface area (Å²) in [6.45, 7) is 5.51. The molecule has 0 amide bonds. The molecule has 1 nitrogen and oxygen atoms in total. The first kappa shape index (κ1) is 12.7. The molecule has 0 aromatic heterocycles. The summed E-state index contributed by atoms with van der Waals surface area (Å²) < 4.78 is 0. The predicted molar refractivity (Wildman–Crippen MR) is 82.4 cm³/mol. The monoisotopic (exact) mass is 253 g/mol. The maximum Gasteiger partial charge on any atom is 0.0357 e. The Balaban J connectivity index is 2.12. The van der Waals surface area contributed by atoms with Crippen molar-refractivity contribution in [1.82, 2.24) is 5.32 Å². The van der Waals surface area contributed by atoms with Crippen LogP contribution in [0.25, 0.3) is 10.8 Å². The van der Waals surface area contributed by atoms with E-state index in [4.69, 9.17) is 0 Å². The van der Waals surface area contributed by atoms with Crippen LogP contribution in [-0.2, 0) is 0 Å². The number of nitrogens with one attached hydrogen (secondary N) is 1. The first-order chi connectivity index (χ1) is 9.31. The van der Waals surface area contributed by atoms with E-state index < -0.39 is 0 Å². The SMILES string of the molecule is CCNC(c1c(C)ccc2ccccc12)C1CCC1. The highest BCUT2D eigenvalue weighted by atomic mass is 14.9. The van der Waals surface area contributed by atoms with Gasteiger partial charge in [-0.15, -0.1) is 0 Å². The number of hydrogen-bond donors (Lipinski definition) is 1. The molecule has 0 saturated heterocycles. The molecule has 1 fully saturated rings. The normalized spacial score (nSPS) is 17.4. The van der Waals surface area contributed by atoms with Gasteiger partial charge < -0.3 is 5.32 Å². The Kier molecular flexibility index (Phi) is 3.56. The molecular weight excluding hydrogens is 230 g/mol. The van der Waals surface area contributed by atoms with E-state index >= 15 is 0 Å². The third-order valence-electron chi connectivity index (χ3n) is 4.54. The fourth-order valence-corrected chi connectivity index (χ4v) is 3.31. The third-order valence-corrected chi connectivity index (χ3v) is 4.54. The smallest absolute Gasteiger partial charge is 0.0357 e. The van der Waals surface area contributed by atoms with E-state index in [0.717, 1.165) is 12.5 Å². The topological polar surface area (TPSA) is 12.0 Å². The average Bonchev–Trinajstić information content (AvgIpc) is 2.36. The van der Waals surface area contributed by atoms with Crippen molar-refractivity contribution in [2.45, 2.75) is 39.2 Å². The van der Waals surface area contributed by atoms with E-state index in [0.29, 0.717) is 6.04 Å². The summed E-state index contributed by atoms with van der Waals surface area (Å²) in [6, 6.07) is 13.9. The first-order valence-corrected chi connectivity index (χ1v) is 7.53. The second-order valence-corrected chi connectivity index (χ2v) is 5.74. The van der Waals surface area contributed by atoms with Crippen LogP contribution < -0.4 is 5.32 Å². The zero-order valence-electron chi connectivity index (χ0n) is 11.9. The summed E-state index contributed by atoms with van der Waals surface area (Å²) in [6.07, 6.45) is 4.15. The van der Waals surface area contributed by atoms with Crippen LogP contribution in [0.2, 0.25) is 0 Å². The van der Waals surface area contributed by atoms with Gasteiger partial charge in [0.1, 0.15) is 0 Å². The van der Waals surface area contributed by atoms with Crippen LogP contribution in [0.1, 0.15) is 43.4 Å². The summed E-state index contributed by atoms with van der Waals surface area (Å²) in [4.78, 5) is 0. The van der Waals surface area contributed by atoms with Gasteiger partial charge in [-0.1, -0.05) is 49.7 Å². The molecule has 1 atom stereocenters. The van der Waals surface area contributed by atoms with Gasteiger partial charge in [0, 0.05) is 6.04 Å². The van der Waals surface area contributed by atoms with Gasteiger partial charge >= 0.3 is 0 Å². The fourth-order valence-electron chi connectivity index (χ4n) is 3.31. The minimum Gasteiger partial charge on any atom is -0.310 e. The molecule has 19 heavy (non-hydrogen) atoms. The molecule has 100 valence electrons. The molecule has 1 unspecified atom stereocenters. The summed E-state index contributed by atoms with van der Waals surface area (Å²) in [7, 11) is 0. The Morgan fingerprint density at radius 3 is 2.63 bits per heavy atom. The molecule has 0 radical (unpaired) electrons. The molecule has 1 aliphatic carbocycles. The van der Waals surface area contributed by atoms with Gasteiger partial charge in [-0.2, -0.15) is 0 Å². The lowest BCUT2D eigenvalue weighted by Gasteiger charge is -2.36. The summed E-state index contributed by atoms with van der Waals surface area (Å²) in [5, 5.41) is 6.53. The number of aryl methyl sites for hydroxylation is 1. The van der Waals surface area contributed by atoms with E-state index in [1.165, 1.54) is 41.2 Å². The van der Waals surface area contributed by atoms with Crippen LogP contribution in [0.3, 0.4) is 0 Å². The second-order valence-electron chi connectivity index (χ2n) is 5.74. The predicted octanol–water partition coefficient (Wildman–Crippen LogP) is 4.60. The number of rotatable bonds is 4. The number of fused-ring (bicyclic) bond motifs is 1. The van der Waals surface area contributed by atoms with Gasteiger partial charge in [0.2, 0.25) is 0 Å². The van der Waals surface area contributed by atoms with Crippen molar-refractivity contribution in [3.05, 3.63) is 47.5 Å². The molecule has 1 N–H and O–H groups in total. The Labute approximate surface area is 116 Å². The van der Waals surface area contributed by atoms with Gasteiger partial charge in [-0.05, 0) is 54.1 Å². The zero-order chi connectivity index (χ0) is 13.2. The minimum absolute atomic E-state index is 0.532. The van der Waals surface area contributed by atoms with Crippen molar-refractivity contribution in [3.8, 4) is 0 Å². The summed E-state index contributed by atoms with van der Waals surface area (Å²) >= 11 is 0. The lowest BCUT2D eigenvalue weighted by atomic mass is 9.75. The minimum atomic E-state index is 0.532. The van der Waals surface area contributed by atoms with Crippen molar-refractivity contribution in [2.24, 2.45) is 5.92 Å². The molecule has 1 aliphatic rings. The van der Waals surface area contributed by atoms with Crippen LogP contribution in [0.15, 0.2) is 36.4 Å². The van der Waals surface area contributed by atoms with Gasteiger partial charge in [-0.25, -0.2) is 0 Å². The Morgan fingerprint density at radius 1 is 1.16 bits per heavy atom. The van der Waals surface area contributed by atoms with Crippen LogP contribution >= 0.6 is 0 Å². The number of hydrogen-bond acceptors (Lipinski definition) is 1. The molecule has 0 aliphatic heterocycles. The first-order valence-electron chi connectivity index (χ1n) is 7.53. The average molecular weight is 253 g/mol. The van der Waals surface area contributed by atoms with Gasteiger partial charge in [0.15, 0.2) is 0 Å². The van der Waals surface area contributed by atoms with Gasteiger partial charge in [0.05, 0.1) is 0 Å². The molecule has 0 spiro atoms. The van der Waals surface area contributed by atoms with Crippen molar-refractivity contribution in [2.75, 3.05) is 6.54 Å². The quantitative estimate of drug-likeness (QED) is 0.839. The van der Waals surface area contributed by atoms with E-state index in [9.17, 15) is 0 Å². The highest BCUT2D eigenvalue weighted by molar-refractivity contribution is 5.87. The van der Waals surface area contributed by atoms with Crippen LogP contribution in [0.4, 0.5) is 0 Å². The lowest BCUT2D eigenvalue weighted by molar-refractivity contribution is 0.234. The molecule has 0 heterocycles. The molecule has 1 heteroatoms. The van der Waals surface area contributed by atoms with Crippen LogP contribution in [0, 0.1) is 12.8 Å². The largest absolute Gasteiger partial charge is 0.310 e. The van der Waals surface area contributed by atoms with Gasteiger partial charge in [-0.3, -0.25) is 0 Å². The van der Waals surface area contributed by atoms with E-state index in [1.807, 2.05) is 0 Å². The Morgan fingerprint density at radius 2 is 1.95 bits per heavy atom. The summed E-state index contributed by atoms with van der Waals surface area (Å²) in [5.41, 5.74) is 2.96. The Hall–Kier alpha value is -1.34. The molecule has 3 rings (SSSR count). The fraction of sp³-hybridized carbons (Fsp3) is 0.444. The standard InChI is InChI=1S/C18H23N/c1-3-19-18(15-8-6-9-15)17-13(2)11-12-14-7-4-5-10-16(14)17/h4-5,7,10-12,15,18-19H,3,6,8-9H2,1-2H3. The summed E-state index contributed by atoms with van der Waals surface area (Å²) in [5.74, 6) is 0.824. The van der Waals surface area contributed by atoms with Crippen molar-refractivity contribution < 1.29 is 0 Å². The van der Waals surface area contributed by atoms with E-state index in [2.05, 4.69) is 55.6 Å². The van der Waals surface area contributed by atoms with Crippen molar-refractivity contribution in [3.63, 3.8) is 0 Å². The van der Waals surface area contributed by atoms with Crippen molar-refractivity contribution >= 4 is 10.8 Å². The highest BCUT2D eigenvalue weighted by Gasteiger charge is 2.29. The van der Waals surface area contributed by atoms with E-state index in [-0.39, 0.29) is 0 Å². The van der Waals surface area contributed by atoms with E-state index in [1.54, 1.807) is 0 Å².